The number of anilines is 1. The second-order valence-electron chi connectivity index (χ2n) is 17.1. The topological polar surface area (TPSA) is 218 Å². The van der Waals surface area contributed by atoms with Gasteiger partial charge in [-0.3, -0.25) is 38.5 Å². The lowest BCUT2D eigenvalue weighted by Crippen LogP contribution is -2.54. The maximum absolute atomic E-state index is 14.3. The molecule has 16 nitrogen and oxygen atoms in total. The zero-order chi connectivity index (χ0) is 49.0. The van der Waals surface area contributed by atoms with E-state index in [0.29, 0.717) is 58.3 Å². The minimum absolute atomic E-state index is 0.00975. The van der Waals surface area contributed by atoms with Gasteiger partial charge in [0.2, 0.25) is 21.8 Å². The quantitative estimate of drug-likeness (QED) is 0.0570. The van der Waals surface area contributed by atoms with Crippen LogP contribution >= 0.6 is 0 Å². The number of unbranched alkanes of at least 4 members (excludes halogenated alkanes) is 5. The Hall–Kier alpha value is -6.93. The largest absolute Gasteiger partial charge is 0.508 e. The molecule has 2 fully saturated rings. The predicted molar refractivity (Wildman–Crippen MR) is 244 cm³/mol. The number of carbonyl (C=O) groups excluding carboxylic acids is 5. The number of phenols is 2. The number of nitrogens with zero attached hydrogens (tertiary/aromatic N) is 2. The molecule has 364 valence electrons. The molecule has 4 aromatic rings. The van der Waals surface area contributed by atoms with Gasteiger partial charge in [0.25, 0.3) is 17.7 Å². The molecule has 4 aliphatic heterocycles. The first kappa shape index (κ1) is 48.5. The second kappa shape index (κ2) is 20.3. The summed E-state index contributed by atoms with van der Waals surface area (Å²) in [6.07, 6.45) is -2.09. The molecule has 5 amide bonds. The van der Waals surface area contributed by atoms with Crippen molar-refractivity contribution >= 4 is 56.4 Å². The van der Waals surface area contributed by atoms with Crippen molar-refractivity contribution in [3.05, 3.63) is 113 Å². The summed E-state index contributed by atoms with van der Waals surface area (Å²) in [7, 11) is -4.70. The number of rotatable bonds is 20. The van der Waals surface area contributed by atoms with E-state index in [1.807, 2.05) is 0 Å². The Balaban J connectivity index is 0.771. The molecule has 2 saturated heterocycles. The van der Waals surface area contributed by atoms with Crippen molar-refractivity contribution in [3.8, 4) is 23.0 Å². The van der Waals surface area contributed by atoms with Crippen LogP contribution in [-0.2, 0) is 29.1 Å². The van der Waals surface area contributed by atoms with Gasteiger partial charge in [0.1, 0.15) is 46.9 Å². The summed E-state index contributed by atoms with van der Waals surface area (Å²) in [5.74, 6) is -2.68. The number of ether oxygens (including phenoxy) is 3. The van der Waals surface area contributed by atoms with Crippen molar-refractivity contribution in [2.45, 2.75) is 87.5 Å². The van der Waals surface area contributed by atoms with E-state index in [-0.39, 0.29) is 53.3 Å². The molecule has 4 N–H and O–H groups in total. The molecule has 4 atom stereocenters. The summed E-state index contributed by atoms with van der Waals surface area (Å²) in [5.41, 5.74) is 2.14. The van der Waals surface area contributed by atoms with Crippen LogP contribution in [0.3, 0.4) is 0 Å². The molecule has 4 aliphatic rings. The van der Waals surface area contributed by atoms with E-state index in [2.05, 4.69) is 10.6 Å². The highest BCUT2D eigenvalue weighted by atomic mass is 32.2. The first-order valence-electron chi connectivity index (χ1n) is 22.5. The fourth-order valence-corrected chi connectivity index (χ4v) is 11.2. The van der Waals surface area contributed by atoms with Crippen molar-refractivity contribution in [2.24, 2.45) is 0 Å². The predicted octanol–water partition coefficient (Wildman–Crippen LogP) is 6.26. The lowest BCUT2D eigenvalue weighted by Gasteiger charge is -2.32. The Morgan fingerprint density at radius 2 is 1.45 bits per heavy atom. The molecule has 20 heteroatoms. The fourth-order valence-electron chi connectivity index (χ4n) is 9.16. The molecular formula is C49H49F3N4O12S. The third-order valence-electron chi connectivity index (χ3n) is 12.4. The van der Waals surface area contributed by atoms with E-state index in [1.54, 1.807) is 24.3 Å². The van der Waals surface area contributed by atoms with Gasteiger partial charge in [-0.25, -0.2) is 8.42 Å². The molecule has 8 rings (SSSR count). The number of halogens is 3. The van der Waals surface area contributed by atoms with Crippen LogP contribution in [0.25, 0.3) is 11.1 Å². The van der Waals surface area contributed by atoms with Crippen LogP contribution in [-0.4, -0.2) is 109 Å². The summed E-state index contributed by atoms with van der Waals surface area (Å²) in [6.45, 7) is -1.47. The zero-order valence-electron chi connectivity index (χ0n) is 37.1. The normalized spacial score (nSPS) is 20.0. The SMILES string of the molecule is O=C(COc1cccc2c1C(=O)N(C1CCC(=O)NC1=O)C2=O)NCCCCCCCCOc1ccc(N(CC(F)(F)F)S(=O)(=O)C2CC3O[C@H]2C(c2ccc(O)cc2)=C3c2ccc(O)cc2)cc1. The van der Waals surface area contributed by atoms with Crippen LogP contribution in [0.5, 0.6) is 23.0 Å². The monoisotopic (exact) mass is 974 g/mol. The van der Waals surface area contributed by atoms with Gasteiger partial charge < -0.3 is 29.7 Å². The van der Waals surface area contributed by atoms with Crippen LogP contribution < -0.4 is 24.4 Å². The van der Waals surface area contributed by atoms with Crippen LogP contribution in [0, 0.1) is 0 Å². The molecular weight excluding hydrogens is 926 g/mol. The zero-order valence-corrected chi connectivity index (χ0v) is 37.9. The van der Waals surface area contributed by atoms with E-state index in [4.69, 9.17) is 14.2 Å². The Kier molecular flexibility index (Phi) is 14.3. The molecule has 4 aromatic carbocycles. The van der Waals surface area contributed by atoms with Crippen LogP contribution in [0.1, 0.15) is 89.6 Å². The number of nitrogens with one attached hydrogen (secondary N) is 2. The average molecular weight is 975 g/mol. The minimum atomic E-state index is -4.87. The van der Waals surface area contributed by atoms with Crippen molar-refractivity contribution < 1.29 is 70.0 Å². The van der Waals surface area contributed by atoms with Gasteiger partial charge in [0, 0.05) is 13.0 Å². The molecule has 0 saturated carbocycles. The average Bonchev–Trinajstić information content (AvgIpc) is 3.99. The molecule has 0 radical (unpaired) electrons. The summed E-state index contributed by atoms with van der Waals surface area (Å²) in [4.78, 5) is 63.6. The van der Waals surface area contributed by atoms with Gasteiger partial charge in [0.05, 0.1) is 29.5 Å². The van der Waals surface area contributed by atoms with Crippen molar-refractivity contribution in [2.75, 3.05) is 30.6 Å². The van der Waals surface area contributed by atoms with Crippen molar-refractivity contribution in [1.82, 2.24) is 15.5 Å². The van der Waals surface area contributed by atoms with Crippen molar-refractivity contribution in [1.29, 1.82) is 0 Å². The van der Waals surface area contributed by atoms with Crippen LogP contribution in [0.2, 0.25) is 0 Å². The van der Waals surface area contributed by atoms with E-state index >= 15 is 0 Å². The second-order valence-corrected chi connectivity index (χ2v) is 19.2. The standard InChI is InChI=1S/C49H49F3N4O12S/c50-49(51,52)28-55(69(64,65)39-26-38-42(29-10-16-32(57)17-11-29)43(45(39)68-38)30-12-18-33(58)19-13-30)31-14-20-34(21-15-31)66-25-6-4-2-1-3-5-24-53-41(60)27-67-37-9-7-8-35-44(37)48(63)56(47(35)62)36-22-23-40(59)54-46(36)61/h7-21,36,38-39,45,57-58H,1-6,22-28H2,(H,53,60)(H,54,59,61)/t36?,38?,39?,45-/m1/s1. The number of benzene rings is 4. The number of hydrogen-bond donors (Lipinski definition) is 4. The van der Waals surface area contributed by atoms with Gasteiger partial charge in [-0.05, 0) is 109 Å². The Morgan fingerprint density at radius 1 is 0.812 bits per heavy atom. The number of sulfonamides is 1. The molecule has 0 aliphatic carbocycles. The van der Waals surface area contributed by atoms with Gasteiger partial charge in [-0.2, -0.15) is 13.2 Å². The number of alkyl halides is 3. The lowest BCUT2D eigenvalue weighted by molar-refractivity contribution is -0.136. The molecule has 2 bridgehead atoms. The molecule has 3 unspecified atom stereocenters. The highest BCUT2D eigenvalue weighted by Crippen LogP contribution is 2.51. The number of hydrogen-bond acceptors (Lipinski definition) is 12. The van der Waals surface area contributed by atoms with E-state index in [9.17, 15) is 55.8 Å². The lowest BCUT2D eigenvalue weighted by atomic mass is 9.83. The molecule has 69 heavy (non-hydrogen) atoms. The number of carbonyl (C=O) groups is 5. The summed E-state index contributed by atoms with van der Waals surface area (Å²) < 4.78 is 89.0. The number of imide groups is 2. The summed E-state index contributed by atoms with van der Waals surface area (Å²) in [6, 6.07) is 21.0. The first-order chi connectivity index (χ1) is 33.0. The third kappa shape index (κ3) is 10.7. The maximum atomic E-state index is 14.3. The van der Waals surface area contributed by atoms with E-state index in [1.165, 1.54) is 66.7 Å². The summed E-state index contributed by atoms with van der Waals surface area (Å²) >= 11 is 0. The fraction of sp³-hybridized carbons (Fsp3) is 0.367. The van der Waals surface area contributed by atoms with Crippen molar-refractivity contribution in [3.63, 3.8) is 0 Å². The third-order valence-corrected chi connectivity index (χ3v) is 14.6. The van der Waals surface area contributed by atoms with Gasteiger partial charge in [-0.1, -0.05) is 56.0 Å². The maximum Gasteiger partial charge on any atom is 0.407 e. The highest BCUT2D eigenvalue weighted by molar-refractivity contribution is 7.93. The van der Waals surface area contributed by atoms with Gasteiger partial charge in [0.15, 0.2) is 6.61 Å². The Labute approximate surface area is 395 Å². The van der Waals surface area contributed by atoms with E-state index < -0.39 is 82.4 Å². The number of fused-ring (bicyclic) bond motifs is 3. The molecule has 4 heterocycles. The summed E-state index contributed by atoms with van der Waals surface area (Å²) in [5, 5.41) is 23.4. The number of piperidine rings is 1. The van der Waals surface area contributed by atoms with Crippen LogP contribution in [0.15, 0.2) is 91.0 Å². The first-order valence-corrected chi connectivity index (χ1v) is 24.0. The van der Waals surface area contributed by atoms with Crippen LogP contribution in [0.4, 0.5) is 18.9 Å². The Bertz CT molecular complexity index is 2750. The molecule has 0 aromatic heterocycles. The van der Waals surface area contributed by atoms with Gasteiger partial charge in [-0.15, -0.1) is 0 Å². The smallest absolute Gasteiger partial charge is 0.407 e. The van der Waals surface area contributed by atoms with E-state index in [0.717, 1.165) is 30.6 Å². The number of phenolic OH excluding ortho intramolecular Hbond substituents is 2. The van der Waals surface area contributed by atoms with Gasteiger partial charge >= 0.3 is 6.18 Å². The number of aromatic hydroxyl groups is 2. The molecule has 0 spiro atoms. The Morgan fingerprint density at radius 3 is 2.10 bits per heavy atom. The minimum Gasteiger partial charge on any atom is -0.508 e. The highest BCUT2D eigenvalue weighted by Gasteiger charge is 2.55. The number of amides is 5.